The number of hydrogen-bond acceptors (Lipinski definition) is 3. The third-order valence-corrected chi connectivity index (χ3v) is 6.36. The van der Waals surface area contributed by atoms with Gasteiger partial charge in [0.2, 0.25) is 0 Å². The van der Waals surface area contributed by atoms with Crippen LogP contribution in [0.3, 0.4) is 0 Å². The normalized spacial score (nSPS) is 22.9. The fourth-order valence-electron chi connectivity index (χ4n) is 3.80. The number of rotatable bonds is 4. The summed E-state index contributed by atoms with van der Waals surface area (Å²) in [5, 5.41) is 3.18. The second-order valence-corrected chi connectivity index (χ2v) is 7.74. The highest BCUT2D eigenvalue weighted by molar-refractivity contribution is 7.14. The van der Waals surface area contributed by atoms with Crippen molar-refractivity contribution in [2.75, 3.05) is 19.6 Å². The van der Waals surface area contributed by atoms with Crippen LogP contribution in [0.5, 0.6) is 0 Å². The van der Waals surface area contributed by atoms with Gasteiger partial charge in [0.05, 0.1) is 4.88 Å². The fraction of sp³-hybridized carbons (Fsp3) is 0.722. The lowest BCUT2D eigenvalue weighted by Crippen LogP contribution is -2.39. The van der Waals surface area contributed by atoms with Crippen LogP contribution in [0, 0.1) is 0 Å². The molecule has 0 radical (unpaired) electrons. The number of hydrogen-bond donors (Lipinski definition) is 1. The molecule has 0 bridgehead atoms. The molecule has 3 nitrogen and oxygen atoms in total. The van der Waals surface area contributed by atoms with E-state index in [1.807, 2.05) is 0 Å². The molecule has 1 aliphatic carbocycles. The van der Waals surface area contributed by atoms with E-state index in [9.17, 15) is 4.79 Å². The molecule has 0 saturated carbocycles. The molecule has 2 aliphatic rings. The van der Waals surface area contributed by atoms with Crippen LogP contribution in [0.25, 0.3) is 0 Å². The van der Waals surface area contributed by atoms with Crippen LogP contribution >= 0.6 is 11.3 Å². The number of fused-ring (bicyclic) bond motifs is 1. The van der Waals surface area contributed by atoms with Crippen molar-refractivity contribution in [3.63, 3.8) is 0 Å². The smallest absolute Gasteiger partial charge is 0.261 e. The average Bonchev–Trinajstić information content (AvgIpc) is 3.11. The van der Waals surface area contributed by atoms with Gasteiger partial charge in [0.1, 0.15) is 0 Å². The SMILES string of the molecule is CCN1CCCC1CNC(=O)c1cc2c(s1)CCCCCC2. The molecule has 1 N–H and O–H groups in total. The Morgan fingerprint density at radius 3 is 2.91 bits per heavy atom. The second-order valence-electron chi connectivity index (χ2n) is 6.61. The first-order chi connectivity index (χ1) is 10.8. The topological polar surface area (TPSA) is 32.3 Å². The molecule has 122 valence electrons. The molecule has 1 aliphatic heterocycles. The van der Waals surface area contributed by atoms with Gasteiger partial charge < -0.3 is 5.32 Å². The van der Waals surface area contributed by atoms with Gasteiger partial charge in [-0.1, -0.05) is 19.8 Å². The number of amides is 1. The zero-order chi connectivity index (χ0) is 15.4. The van der Waals surface area contributed by atoms with E-state index < -0.39 is 0 Å². The van der Waals surface area contributed by atoms with Gasteiger partial charge in [-0.15, -0.1) is 11.3 Å². The summed E-state index contributed by atoms with van der Waals surface area (Å²) in [5.41, 5.74) is 1.44. The lowest BCUT2D eigenvalue weighted by atomic mass is 10.00. The van der Waals surface area contributed by atoms with Crippen LogP contribution in [0.2, 0.25) is 0 Å². The Hall–Kier alpha value is -0.870. The third-order valence-electron chi connectivity index (χ3n) is 5.12. The van der Waals surface area contributed by atoms with Crippen LogP contribution in [0.15, 0.2) is 6.07 Å². The van der Waals surface area contributed by atoms with E-state index in [1.165, 1.54) is 61.9 Å². The van der Waals surface area contributed by atoms with Gasteiger partial charge in [0.15, 0.2) is 0 Å². The molecule has 22 heavy (non-hydrogen) atoms. The van der Waals surface area contributed by atoms with Crippen molar-refractivity contribution in [2.45, 2.75) is 64.3 Å². The molecular weight excluding hydrogens is 292 g/mol. The van der Waals surface area contributed by atoms with E-state index in [2.05, 4.69) is 23.2 Å². The minimum absolute atomic E-state index is 0.139. The number of carbonyl (C=O) groups is 1. The maximum absolute atomic E-state index is 12.5. The minimum Gasteiger partial charge on any atom is -0.350 e. The van der Waals surface area contributed by atoms with E-state index in [0.29, 0.717) is 6.04 Å². The Labute approximate surface area is 138 Å². The van der Waals surface area contributed by atoms with Crippen molar-refractivity contribution in [3.8, 4) is 0 Å². The van der Waals surface area contributed by atoms with E-state index in [-0.39, 0.29) is 5.91 Å². The predicted octanol–water partition coefficient (Wildman–Crippen LogP) is 3.62. The molecule has 4 heteroatoms. The van der Waals surface area contributed by atoms with Crippen LogP contribution < -0.4 is 5.32 Å². The first kappa shape index (κ1) is 16.0. The lowest BCUT2D eigenvalue weighted by Gasteiger charge is -2.22. The monoisotopic (exact) mass is 320 g/mol. The van der Waals surface area contributed by atoms with Crippen molar-refractivity contribution in [1.29, 1.82) is 0 Å². The summed E-state index contributed by atoms with van der Waals surface area (Å²) < 4.78 is 0. The van der Waals surface area contributed by atoms with Gasteiger partial charge >= 0.3 is 0 Å². The average molecular weight is 321 g/mol. The summed E-state index contributed by atoms with van der Waals surface area (Å²) >= 11 is 1.73. The molecule has 1 aromatic rings. The quantitative estimate of drug-likeness (QED) is 0.919. The summed E-state index contributed by atoms with van der Waals surface area (Å²) in [5.74, 6) is 0.139. The maximum atomic E-state index is 12.5. The van der Waals surface area contributed by atoms with E-state index in [4.69, 9.17) is 0 Å². The first-order valence-corrected chi connectivity index (χ1v) is 9.73. The fourth-order valence-corrected chi connectivity index (χ4v) is 4.97. The highest BCUT2D eigenvalue weighted by Crippen LogP contribution is 2.28. The summed E-state index contributed by atoms with van der Waals surface area (Å²) in [7, 11) is 0. The molecule has 1 fully saturated rings. The van der Waals surface area contributed by atoms with Gasteiger partial charge in [-0.05, 0) is 63.2 Å². The van der Waals surface area contributed by atoms with Gasteiger partial charge in [-0.25, -0.2) is 0 Å². The molecular formula is C18H28N2OS. The molecule has 0 spiro atoms. The number of nitrogens with one attached hydrogen (secondary N) is 1. The molecule has 2 heterocycles. The largest absolute Gasteiger partial charge is 0.350 e. The van der Waals surface area contributed by atoms with Gasteiger partial charge in [0.25, 0.3) is 5.91 Å². The maximum Gasteiger partial charge on any atom is 0.261 e. The Kier molecular flexibility index (Phi) is 5.53. The Morgan fingerprint density at radius 1 is 1.27 bits per heavy atom. The molecule has 1 saturated heterocycles. The molecule has 1 amide bonds. The Morgan fingerprint density at radius 2 is 2.09 bits per heavy atom. The zero-order valence-corrected chi connectivity index (χ0v) is 14.5. The van der Waals surface area contributed by atoms with Crippen molar-refractivity contribution in [3.05, 3.63) is 21.4 Å². The first-order valence-electron chi connectivity index (χ1n) is 8.91. The van der Waals surface area contributed by atoms with Crippen LogP contribution in [-0.2, 0) is 12.8 Å². The van der Waals surface area contributed by atoms with Crippen LogP contribution in [0.4, 0.5) is 0 Å². The van der Waals surface area contributed by atoms with Gasteiger partial charge in [-0.3, -0.25) is 9.69 Å². The molecule has 1 aromatic heterocycles. The Balaban J connectivity index is 1.59. The summed E-state index contributed by atoms with van der Waals surface area (Å²) in [4.78, 5) is 17.3. The van der Waals surface area contributed by atoms with Crippen LogP contribution in [-0.4, -0.2) is 36.5 Å². The van der Waals surface area contributed by atoms with Crippen molar-refractivity contribution >= 4 is 17.2 Å². The van der Waals surface area contributed by atoms with Crippen LogP contribution in [0.1, 0.15) is 65.6 Å². The minimum atomic E-state index is 0.139. The van der Waals surface area contributed by atoms with Crippen molar-refractivity contribution < 1.29 is 4.79 Å². The summed E-state index contributed by atoms with van der Waals surface area (Å²) in [6.07, 6.45) is 10.0. The van der Waals surface area contributed by atoms with E-state index in [0.717, 1.165) is 24.4 Å². The third kappa shape index (κ3) is 3.72. The standard InChI is InChI=1S/C18H28N2OS/c1-2-20-11-7-9-15(20)13-19-18(21)17-12-14-8-5-3-4-6-10-16(14)22-17/h12,15H,2-11,13H2,1H3,(H,19,21). The molecule has 1 unspecified atom stereocenters. The van der Waals surface area contributed by atoms with Crippen molar-refractivity contribution in [2.24, 2.45) is 0 Å². The summed E-state index contributed by atoms with van der Waals surface area (Å²) in [6, 6.07) is 2.70. The lowest BCUT2D eigenvalue weighted by molar-refractivity contribution is 0.0945. The molecule has 3 rings (SSSR count). The Bertz CT molecular complexity index is 486. The highest BCUT2D eigenvalue weighted by Gasteiger charge is 2.24. The second kappa shape index (κ2) is 7.60. The van der Waals surface area contributed by atoms with E-state index >= 15 is 0 Å². The number of likely N-dealkylation sites (tertiary alicyclic amines) is 1. The molecule has 0 aromatic carbocycles. The summed E-state index contributed by atoms with van der Waals surface area (Å²) in [6.45, 7) is 5.28. The molecule has 1 atom stereocenters. The van der Waals surface area contributed by atoms with E-state index in [1.54, 1.807) is 11.3 Å². The predicted molar refractivity (Wildman–Crippen MR) is 92.8 cm³/mol. The highest BCUT2D eigenvalue weighted by atomic mass is 32.1. The number of aryl methyl sites for hydroxylation is 2. The van der Waals surface area contributed by atoms with Gasteiger partial charge in [-0.2, -0.15) is 0 Å². The zero-order valence-electron chi connectivity index (χ0n) is 13.7. The number of carbonyl (C=O) groups excluding carboxylic acids is 1. The number of thiophene rings is 1. The number of nitrogens with zero attached hydrogens (tertiary/aromatic N) is 1. The van der Waals surface area contributed by atoms with Crippen molar-refractivity contribution in [1.82, 2.24) is 10.2 Å². The number of likely N-dealkylation sites (N-methyl/N-ethyl adjacent to an activating group) is 1. The van der Waals surface area contributed by atoms with Gasteiger partial charge in [0, 0.05) is 17.5 Å².